The van der Waals surface area contributed by atoms with Crippen molar-refractivity contribution in [1.82, 2.24) is 15.5 Å². The van der Waals surface area contributed by atoms with Gasteiger partial charge in [0.15, 0.2) is 11.7 Å². The second kappa shape index (κ2) is 11.1. The molecular weight excluding hydrogens is 469 g/mol. The Balaban J connectivity index is 0.00000280. The molecule has 152 valence electrons. The Hall–Kier alpha value is -2.07. The van der Waals surface area contributed by atoms with E-state index >= 15 is 0 Å². The standard InChI is InChI=1S/C20H27N5O2.HI/c1-22-20(23-13-17-7-8-18(27-17)19(21)26)24-16-9-11-25(12-10-16)14-15-5-3-2-4-6-15;/h2-8,16H,9-14H2,1H3,(H2,21,26)(H2,22,23,24);1H. The van der Waals surface area contributed by atoms with Crippen LogP contribution in [0.4, 0.5) is 0 Å². The fourth-order valence-corrected chi connectivity index (χ4v) is 3.24. The van der Waals surface area contributed by atoms with Crippen molar-refractivity contribution in [3.8, 4) is 0 Å². The van der Waals surface area contributed by atoms with Crippen LogP contribution in [0.15, 0.2) is 51.9 Å². The number of halogens is 1. The molecule has 1 saturated heterocycles. The maximum absolute atomic E-state index is 11.1. The van der Waals surface area contributed by atoms with E-state index in [-0.39, 0.29) is 29.7 Å². The van der Waals surface area contributed by atoms with Gasteiger partial charge in [-0.3, -0.25) is 14.7 Å². The molecule has 0 spiro atoms. The summed E-state index contributed by atoms with van der Waals surface area (Å²) in [7, 11) is 1.75. The number of aliphatic imine (C=N–C) groups is 1. The molecule has 1 fully saturated rings. The highest BCUT2D eigenvalue weighted by molar-refractivity contribution is 14.0. The molecule has 1 aromatic heterocycles. The molecule has 0 unspecified atom stereocenters. The van der Waals surface area contributed by atoms with Crippen LogP contribution in [0.3, 0.4) is 0 Å². The van der Waals surface area contributed by atoms with E-state index in [2.05, 4.69) is 50.9 Å². The van der Waals surface area contributed by atoms with Gasteiger partial charge in [0, 0.05) is 32.7 Å². The summed E-state index contributed by atoms with van der Waals surface area (Å²) in [5.41, 5.74) is 6.56. The minimum atomic E-state index is -0.564. The zero-order valence-electron chi connectivity index (χ0n) is 16.1. The predicted molar refractivity (Wildman–Crippen MR) is 121 cm³/mol. The Kier molecular flexibility index (Phi) is 8.78. The largest absolute Gasteiger partial charge is 0.454 e. The summed E-state index contributed by atoms with van der Waals surface area (Å²) < 4.78 is 5.37. The molecule has 2 aromatic rings. The van der Waals surface area contributed by atoms with Gasteiger partial charge in [0.2, 0.25) is 0 Å². The quantitative estimate of drug-likeness (QED) is 0.324. The Morgan fingerprint density at radius 1 is 1.21 bits per heavy atom. The van der Waals surface area contributed by atoms with Crippen LogP contribution in [0.1, 0.15) is 34.7 Å². The number of primary amides is 1. The first-order chi connectivity index (χ1) is 13.1. The van der Waals surface area contributed by atoms with Crippen molar-refractivity contribution in [2.24, 2.45) is 10.7 Å². The van der Waals surface area contributed by atoms with E-state index < -0.39 is 5.91 Å². The first-order valence-corrected chi connectivity index (χ1v) is 9.26. The summed E-state index contributed by atoms with van der Waals surface area (Å²) in [6.45, 7) is 3.56. The second-order valence-corrected chi connectivity index (χ2v) is 6.74. The second-order valence-electron chi connectivity index (χ2n) is 6.74. The maximum Gasteiger partial charge on any atom is 0.284 e. The van der Waals surface area contributed by atoms with E-state index in [0.717, 1.165) is 38.4 Å². The van der Waals surface area contributed by atoms with E-state index in [9.17, 15) is 4.79 Å². The number of nitrogens with one attached hydrogen (secondary N) is 2. The van der Waals surface area contributed by atoms with Crippen LogP contribution in [-0.2, 0) is 13.1 Å². The fraction of sp³-hybridized carbons (Fsp3) is 0.400. The fourth-order valence-electron chi connectivity index (χ4n) is 3.24. The number of nitrogens with zero attached hydrogens (tertiary/aromatic N) is 2. The van der Waals surface area contributed by atoms with Crippen LogP contribution in [-0.4, -0.2) is 42.9 Å². The zero-order chi connectivity index (χ0) is 19.1. The number of hydrogen-bond acceptors (Lipinski definition) is 4. The number of guanidine groups is 1. The summed E-state index contributed by atoms with van der Waals surface area (Å²) >= 11 is 0. The van der Waals surface area contributed by atoms with Gasteiger partial charge in [-0.15, -0.1) is 24.0 Å². The first-order valence-electron chi connectivity index (χ1n) is 9.26. The van der Waals surface area contributed by atoms with Gasteiger partial charge in [0.05, 0.1) is 6.54 Å². The smallest absolute Gasteiger partial charge is 0.284 e. The third kappa shape index (κ3) is 6.52. The zero-order valence-corrected chi connectivity index (χ0v) is 18.4. The number of rotatable bonds is 6. The molecule has 1 aromatic carbocycles. The number of piperidine rings is 1. The number of nitrogens with two attached hydrogens (primary N) is 1. The van der Waals surface area contributed by atoms with Crippen molar-refractivity contribution >= 4 is 35.8 Å². The Morgan fingerprint density at radius 2 is 1.93 bits per heavy atom. The highest BCUT2D eigenvalue weighted by Crippen LogP contribution is 2.14. The van der Waals surface area contributed by atoms with Crippen LogP contribution in [0.2, 0.25) is 0 Å². The molecule has 7 nitrogen and oxygen atoms in total. The van der Waals surface area contributed by atoms with Crippen LogP contribution >= 0.6 is 24.0 Å². The predicted octanol–water partition coefficient (Wildman–Crippen LogP) is 2.33. The molecule has 0 atom stereocenters. The lowest BCUT2D eigenvalue weighted by Gasteiger charge is -2.33. The van der Waals surface area contributed by atoms with E-state index in [1.165, 1.54) is 5.56 Å². The number of benzene rings is 1. The Bertz CT molecular complexity index is 770. The van der Waals surface area contributed by atoms with Gasteiger partial charge in [-0.1, -0.05) is 30.3 Å². The van der Waals surface area contributed by atoms with Gasteiger partial charge in [0.1, 0.15) is 5.76 Å². The molecule has 4 N–H and O–H groups in total. The summed E-state index contributed by atoms with van der Waals surface area (Å²) in [6.07, 6.45) is 2.14. The van der Waals surface area contributed by atoms with Crippen LogP contribution in [0.5, 0.6) is 0 Å². The van der Waals surface area contributed by atoms with Gasteiger partial charge in [0.25, 0.3) is 5.91 Å². The number of furan rings is 1. The van der Waals surface area contributed by atoms with Crippen molar-refractivity contribution in [3.05, 3.63) is 59.5 Å². The molecule has 0 aliphatic carbocycles. The molecule has 1 aliphatic heterocycles. The Morgan fingerprint density at radius 3 is 2.54 bits per heavy atom. The van der Waals surface area contributed by atoms with Gasteiger partial charge in [-0.25, -0.2) is 0 Å². The first kappa shape index (κ1) is 22.2. The topological polar surface area (TPSA) is 95.9 Å². The van der Waals surface area contributed by atoms with Crippen LogP contribution < -0.4 is 16.4 Å². The number of likely N-dealkylation sites (tertiary alicyclic amines) is 1. The molecule has 1 amide bonds. The molecular formula is C20H28IN5O2. The van der Waals surface area contributed by atoms with Gasteiger partial charge in [-0.05, 0) is 30.5 Å². The molecule has 8 heteroatoms. The molecule has 2 heterocycles. The van der Waals surface area contributed by atoms with Crippen molar-refractivity contribution in [3.63, 3.8) is 0 Å². The highest BCUT2D eigenvalue weighted by Gasteiger charge is 2.20. The molecule has 3 rings (SSSR count). The lowest BCUT2D eigenvalue weighted by atomic mass is 10.0. The molecule has 1 aliphatic rings. The van der Waals surface area contributed by atoms with Gasteiger partial charge < -0.3 is 20.8 Å². The van der Waals surface area contributed by atoms with Crippen molar-refractivity contribution < 1.29 is 9.21 Å². The van der Waals surface area contributed by atoms with Crippen LogP contribution in [0.25, 0.3) is 0 Å². The monoisotopic (exact) mass is 497 g/mol. The normalized spacial score (nSPS) is 15.7. The lowest BCUT2D eigenvalue weighted by molar-refractivity contribution is 0.0972. The number of carbonyl (C=O) groups excluding carboxylic acids is 1. The minimum Gasteiger partial charge on any atom is -0.454 e. The average Bonchev–Trinajstić information content (AvgIpc) is 3.17. The third-order valence-corrected chi connectivity index (χ3v) is 4.74. The number of hydrogen-bond donors (Lipinski definition) is 3. The van der Waals surface area contributed by atoms with Gasteiger partial charge >= 0.3 is 0 Å². The lowest BCUT2D eigenvalue weighted by Crippen LogP contribution is -2.48. The van der Waals surface area contributed by atoms with Crippen molar-refractivity contribution in [1.29, 1.82) is 0 Å². The average molecular weight is 497 g/mol. The van der Waals surface area contributed by atoms with Gasteiger partial charge in [-0.2, -0.15) is 0 Å². The summed E-state index contributed by atoms with van der Waals surface area (Å²) in [4.78, 5) is 17.8. The molecule has 0 bridgehead atoms. The Labute approximate surface area is 182 Å². The molecule has 0 radical (unpaired) electrons. The summed E-state index contributed by atoms with van der Waals surface area (Å²) in [5, 5.41) is 6.68. The van der Waals surface area contributed by atoms with E-state index in [4.69, 9.17) is 10.2 Å². The van der Waals surface area contributed by atoms with E-state index in [1.54, 1.807) is 19.2 Å². The number of carbonyl (C=O) groups is 1. The maximum atomic E-state index is 11.1. The molecule has 28 heavy (non-hydrogen) atoms. The van der Waals surface area contributed by atoms with Crippen molar-refractivity contribution in [2.45, 2.75) is 32.0 Å². The summed E-state index contributed by atoms with van der Waals surface area (Å²) in [6, 6.07) is 14.3. The minimum absolute atomic E-state index is 0. The van der Waals surface area contributed by atoms with E-state index in [1.807, 2.05) is 0 Å². The van der Waals surface area contributed by atoms with E-state index in [0.29, 0.717) is 18.3 Å². The van der Waals surface area contributed by atoms with Crippen LogP contribution in [0, 0.1) is 0 Å². The van der Waals surface area contributed by atoms with Crippen molar-refractivity contribution in [2.75, 3.05) is 20.1 Å². The molecule has 0 saturated carbocycles. The third-order valence-electron chi connectivity index (χ3n) is 4.74. The number of amides is 1. The highest BCUT2D eigenvalue weighted by atomic mass is 127. The summed E-state index contributed by atoms with van der Waals surface area (Å²) in [5.74, 6) is 0.976. The SMILES string of the molecule is CN=C(NCc1ccc(C(N)=O)o1)NC1CCN(Cc2ccccc2)CC1.I.